The highest BCUT2D eigenvalue weighted by Gasteiger charge is 2.76. The highest BCUT2D eigenvalue weighted by molar-refractivity contribution is 9.09. The number of halogens is 1. The van der Waals surface area contributed by atoms with Gasteiger partial charge in [-0.2, -0.15) is 0 Å². The zero-order valence-electron chi connectivity index (χ0n) is 22.9. The number of fused-ring (bicyclic) bond motifs is 2. The minimum atomic E-state index is -0.804. The molecule has 0 aliphatic carbocycles. The maximum absolute atomic E-state index is 14.5. The monoisotopic (exact) mass is 645 g/mol. The van der Waals surface area contributed by atoms with Gasteiger partial charge in [0.2, 0.25) is 11.8 Å². The lowest BCUT2D eigenvalue weighted by Gasteiger charge is -2.37. The van der Waals surface area contributed by atoms with Gasteiger partial charge in [-0.3, -0.25) is 14.4 Å². The van der Waals surface area contributed by atoms with Gasteiger partial charge in [-0.1, -0.05) is 45.4 Å². The van der Waals surface area contributed by atoms with Gasteiger partial charge >= 0.3 is 5.97 Å². The summed E-state index contributed by atoms with van der Waals surface area (Å²) in [6.45, 7) is 8.36. The van der Waals surface area contributed by atoms with E-state index in [2.05, 4.69) is 39.4 Å². The van der Waals surface area contributed by atoms with Crippen molar-refractivity contribution in [3.63, 3.8) is 0 Å². The number of esters is 1. The number of hydrogen-bond acceptors (Lipinski definition) is 8. The maximum Gasteiger partial charge on any atom is 0.310 e. The van der Waals surface area contributed by atoms with E-state index in [0.717, 1.165) is 30.3 Å². The van der Waals surface area contributed by atoms with Gasteiger partial charge in [0.1, 0.15) is 18.2 Å². The summed E-state index contributed by atoms with van der Waals surface area (Å²) in [6, 6.07) is 6.72. The molecule has 2 bridgehead atoms. The Morgan fingerprint density at radius 1 is 1.24 bits per heavy atom. The number of carbonyl (C=O) groups is 3. The highest BCUT2D eigenvalue weighted by Crippen LogP contribution is 2.68. The van der Waals surface area contributed by atoms with Crippen molar-refractivity contribution in [3.05, 3.63) is 49.6 Å². The lowest BCUT2D eigenvalue weighted by atomic mass is 9.71. The number of para-hydroxylation sites is 1. The lowest BCUT2D eigenvalue weighted by molar-refractivity contribution is -0.154. The third kappa shape index (κ3) is 5.34. The van der Waals surface area contributed by atoms with Gasteiger partial charge in [-0.25, -0.2) is 4.68 Å². The van der Waals surface area contributed by atoms with Crippen LogP contribution in [0.5, 0.6) is 0 Å². The molecule has 1 aromatic heterocycles. The zero-order chi connectivity index (χ0) is 29.1. The van der Waals surface area contributed by atoms with E-state index in [9.17, 15) is 19.5 Å². The minimum absolute atomic E-state index is 0.0462. The van der Waals surface area contributed by atoms with E-state index in [4.69, 9.17) is 4.74 Å². The van der Waals surface area contributed by atoms with Crippen LogP contribution in [0.2, 0.25) is 0 Å². The molecule has 1 spiro atoms. The Morgan fingerprint density at radius 3 is 2.80 bits per heavy atom. The van der Waals surface area contributed by atoms with E-state index in [0.29, 0.717) is 12.8 Å². The number of thioether (sulfide) groups is 1. The summed E-state index contributed by atoms with van der Waals surface area (Å²) in [6.07, 6.45) is 6.84. The van der Waals surface area contributed by atoms with Crippen LogP contribution in [-0.4, -0.2) is 94.9 Å². The van der Waals surface area contributed by atoms with Crippen LogP contribution in [0.4, 0.5) is 0 Å². The van der Waals surface area contributed by atoms with Crippen LogP contribution >= 0.6 is 27.7 Å². The molecule has 2 amide bonds. The summed E-state index contributed by atoms with van der Waals surface area (Å²) < 4.78 is 6.56. The molecular weight excluding hydrogens is 610 g/mol. The molecule has 12 heteroatoms. The van der Waals surface area contributed by atoms with E-state index in [1.807, 2.05) is 30.3 Å². The van der Waals surface area contributed by atoms with Crippen LogP contribution in [0.15, 0.2) is 49.6 Å². The molecule has 1 aromatic carbocycles. The predicted octanol–water partition coefficient (Wildman–Crippen LogP) is 3.15. The molecule has 3 saturated heterocycles. The highest BCUT2D eigenvalue weighted by atomic mass is 79.9. The second-order valence-electron chi connectivity index (χ2n) is 10.8. The van der Waals surface area contributed by atoms with Gasteiger partial charge in [0.25, 0.3) is 0 Å². The molecule has 6 atom stereocenters. The van der Waals surface area contributed by atoms with Crippen LogP contribution in [0.1, 0.15) is 32.1 Å². The van der Waals surface area contributed by atoms with Gasteiger partial charge in [0.15, 0.2) is 0 Å². The summed E-state index contributed by atoms with van der Waals surface area (Å²) in [5.41, 5.74) is 1.51. The molecule has 2 aromatic rings. The van der Waals surface area contributed by atoms with Crippen molar-refractivity contribution in [2.45, 2.75) is 59.6 Å². The molecule has 3 fully saturated rings. The lowest BCUT2D eigenvalue weighted by Crippen LogP contribution is -2.55. The number of likely N-dealkylation sites (tertiary alicyclic amines) is 1. The first-order valence-electron chi connectivity index (χ1n) is 14.1. The summed E-state index contributed by atoms with van der Waals surface area (Å²) in [7, 11) is 0. The number of benzene rings is 1. The average molecular weight is 647 g/mol. The predicted molar refractivity (Wildman–Crippen MR) is 160 cm³/mol. The molecule has 0 radical (unpaired) electrons. The van der Waals surface area contributed by atoms with Crippen molar-refractivity contribution >= 4 is 56.5 Å². The van der Waals surface area contributed by atoms with Crippen molar-refractivity contribution in [2.24, 2.45) is 11.8 Å². The molecule has 3 aliphatic rings. The fourth-order valence-electron chi connectivity index (χ4n) is 6.55. The molecule has 220 valence electrons. The van der Waals surface area contributed by atoms with E-state index < -0.39 is 22.6 Å². The number of allylic oxidation sites excluding steroid dienone is 1. The van der Waals surface area contributed by atoms with Crippen molar-refractivity contribution in [3.8, 4) is 0 Å². The number of aliphatic hydroxyl groups is 1. The first kappa shape index (κ1) is 29.8. The SMILES string of the molecule is C=CCCCCOC(=O)[C@H]1[C@H]2C(=O)N(CCCO)C(C(=O)N(CC=C)Cn3nnc4ccccc43)C23CC(Br)[C@@H]1S3. The summed E-state index contributed by atoms with van der Waals surface area (Å²) in [5.74, 6) is -2.14. The Kier molecular flexibility index (Phi) is 9.20. The number of aliphatic hydroxyl groups excluding tert-OH is 1. The Morgan fingerprint density at radius 2 is 2.05 bits per heavy atom. The molecular formula is C29H36BrN5O5S. The van der Waals surface area contributed by atoms with Crippen LogP contribution in [0, 0.1) is 11.8 Å². The third-order valence-corrected chi connectivity index (χ3v) is 11.5. The fraction of sp³-hybridized carbons (Fsp3) is 0.552. The van der Waals surface area contributed by atoms with Gasteiger partial charge in [0.05, 0.1) is 28.7 Å². The van der Waals surface area contributed by atoms with E-state index >= 15 is 0 Å². The Hall–Kier alpha value is -2.70. The topological polar surface area (TPSA) is 118 Å². The molecule has 10 nitrogen and oxygen atoms in total. The molecule has 0 saturated carbocycles. The molecule has 3 unspecified atom stereocenters. The summed E-state index contributed by atoms with van der Waals surface area (Å²) >= 11 is 5.35. The first-order chi connectivity index (χ1) is 19.9. The van der Waals surface area contributed by atoms with Gasteiger partial charge < -0.3 is 19.6 Å². The molecule has 5 rings (SSSR count). The number of ether oxygens (including phenoxy) is 1. The number of aromatic nitrogens is 3. The second kappa shape index (κ2) is 12.7. The first-order valence-corrected chi connectivity index (χ1v) is 15.9. The van der Waals surface area contributed by atoms with Crippen LogP contribution in [-0.2, 0) is 25.8 Å². The van der Waals surface area contributed by atoms with Crippen molar-refractivity contribution < 1.29 is 24.2 Å². The molecule has 1 N–H and O–H groups in total. The number of unbranched alkanes of at least 4 members (excludes halogenated alkanes) is 2. The quantitative estimate of drug-likeness (QED) is 0.144. The van der Waals surface area contributed by atoms with Gasteiger partial charge in [0, 0.05) is 29.8 Å². The maximum atomic E-state index is 14.5. The van der Waals surface area contributed by atoms with Crippen molar-refractivity contribution in [1.82, 2.24) is 24.8 Å². The average Bonchev–Trinajstić information content (AvgIpc) is 3.68. The minimum Gasteiger partial charge on any atom is -0.465 e. The van der Waals surface area contributed by atoms with E-state index in [1.54, 1.807) is 32.3 Å². The normalized spacial score (nSPS) is 28.2. The molecule has 3 aliphatic heterocycles. The molecule has 4 heterocycles. The smallest absolute Gasteiger partial charge is 0.310 e. The Labute approximate surface area is 252 Å². The number of amides is 2. The number of hydrogen-bond donors (Lipinski definition) is 1. The summed E-state index contributed by atoms with van der Waals surface area (Å²) in [5, 5.41) is 17.9. The van der Waals surface area contributed by atoms with Gasteiger partial charge in [-0.05, 0) is 44.2 Å². The zero-order valence-corrected chi connectivity index (χ0v) is 25.3. The van der Waals surface area contributed by atoms with Gasteiger partial charge in [-0.15, -0.1) is 30.0 Å². The fourth-order valence-corrected chi connectivity index (χ4v) is 10.1. The van der Waals surface area contributed by atoms with E-state index in [-0.39, 0.29) is 60.8 Å². The van der Waals surface area contributed by atoms with Crippen LogP contribution in [0.3, 0.4) is 0 Å². The standard InChI is InChI=1S/C29H36BrN5O5S/c1-3-5-6-9-16-40-28(39)22-23-26(37)34(14-10-15-36)25(29(23)17-19(30)24(22)41-29)27(38)33(13-4-2)18-35-21-12-8-7-11-20(21)31-32-35/h3-4,7-8,11-12,19,22-25,36H,1-2,5-6,9-10,13-18H2/t19?,22-,23-,24-,25?,29?/m0/s1. The third-order valence-electron chi connectivity index (χ3n) is 8.29. The Balaban J connectivity index is 1.45. The van der Waals surface area contributed by atoms with E-state index in [1.165, 1.54) is 0 Å². The number of carbonyl (C=O) groups excluding carboxylic acids is 3. The Bertz CT molecular complexity index is 1320. The number of nitrogens with zero attached hydrogens (tertiary/aromatic N) is 5. The summed E-state index contributed by atoms with van der Waals surface area (Å²) in [4.78, 5) is 45.2. The molecule has 41 heavy (non-hydrogen) atoms. The number of alkyl halides is 1. The van der Waals surface area contributed by atoms with Crippen LogP contribution < -0.4 is 0 Å². The second-order valence-corrected chi connectivity index (χ2v) is 13.5. The largest absolute Gasteiger partial charge is 0.465 e. The van der Waals surface area contributed by atoms with Crippen molar-refractivity contribution in [2.75, 3.05) is 26.3 Å². The van der Waals surface area contributed by atoms with Crippen molar-refractivity contribution in [1.29, 1.82) is 0 Å². The number of rotatable bonds is 14. The van der Waals surface area contributed by atoms with Crippen LogP contribution in [0.25, 0.3) is 11.0 Å².